The first-order valence-corrected chi connectivity index (χ1v) is 8.70. The van der Waals surface area contributed by atoms with E-state index in [1.165, 1.54) is 32.1 Å². The molecule has 2 aliphatic carbocycles. The predicted molar refractivity (Wildman–Crippen MR) is 68.7 cm³/mol. The van der Waals surface area contributed by atoms with Crippen LogP contribution in [0.3, 0.4) is 0 Å². The fourth-order valence-corrected chi connectivity index (χ4v) is 6.71. The Hall–Kier alpha value is -0.0900. The monoisotopic (exact) mass is 257 g/mol. The number of hydrogen-bond acceptors (Lipinski definition) is 3. The van der Waals surface area contributed by atoms with Gasteiger partial charge in [-0.2, -0.15) is 0 Å². The summed E-state index contributed by atoms with van der Waals surface area (Å²) in [6, 6.07) is 0.369. The Bertz CT molecular complexity index is 398. The van der Waals surface area contributed by atoms with Crippen LogP contribution in [0.15, 0.2) is 0 Å². The van der Waals surface area contributed by atoms with E-state index in [1.54, 1.807) is 0 Å². The van der Waals surface area contributed by atoms with Gasteiger partial charge in [-0.05, 0) is 44.4 Å². The van der Waals surface area contributed by atoms with E-state index in [1.807, 2.05) is 6.92 Å². The molecule has 0 aromatic carbocycles. The molecule has 1 saturated heterocycles. The quantitative estimate of drug-likeness (QED) is 0.720. The van der Waals surface area contributed by atoms with Crippen molar-refractivity contribution < 1.29 is 8.42 Å². The molecule has 4 heteroatoms. The Morgan fingerprint density at radius 3 is 2.59 bits per heavy atom. The molecule has 2 saturated carbocycles. The first kappa shape index (κ1) is 12.0. The highest BCUT2D eigenvalue weighted by atomic mass is 32.2. The topological polar surface area (TPSA) is 46.2 Å². The first-order valence-electron chi connectivity index (χ1n) is 6.98. The molecule has 3 rings (SSSR count). The Balaban J connectivity index is 1.84. The zero-order valence-corrected chi connectivity index (χ0v) is 11.4. The van der Waals surface area contributed by atoms with Crippen LogP contribution < -0.4 is 5.32 Å². The molecular weight excluding hydrogens is 234 g/mol. The first-order chi connectivity index (χ1) is 8.01. The van der Waals surface area contributed by atoms with Gasteiger partial charge in [0.1, 0.15) is 0 Å². The molecule has 0 amide bonds. The van der Waals surface area contributed by atoms with Gasteiger partial charge in [-0.1, -0.05) is 12.8 Å². The predicted octanol–water partition coefficient (Wildman–Crippen LogP) is 1.87. The summed E-state index contributed by atoms with van der Waals surface area (Å²) in [5.74, 6) is 0.338. The molecule has 3 unspecified atom stereocenters. The normalized spacial score (nSPS) is 43.5. The van der Waals surface area contributed by atoms with Crippen LogP contribution >= 0.6 is 0 Å². The Kier molecular flexibility index (Phi) is 2.78. The zero-order valence-electron chi connectivity index (χ0n) is 10.6. The van der Waals surface area contributed by atoms with Crippen molar-refractivity contribution in [3.8, 4) is 0 Å². The third-order valence-electron chi connectivity index (χ3n) is 5.18. The van der Waals surface area contributed by atoms with Crippen molar-refractivity contribution in [3.63, 3.8) is 0 Å². The summed E-state index contributed by atoms with van der Waals surface area (Å²) in [4.78, 5) is 0. The molecule has 1 spiro atoms. The maximum Gasteiger partial charge on any atom is 0.156 e. The molecule has 1 aliphatic heterocycles. The molecule has 0 aromatic rings. The minimum Gasteiger partial charge on any atom is -0.309 e. The van der Waals surface area contributed by atoms with E-state index in [4.69, 9.17) is 0 Å². The lowest BCUT2D eigenvalue weighted by Gasteiger charge is -2.46. The van der Waals surface area contributed by atoms with Gasteiger partial charge in [0.05, 0.1) is 11.0 Å². The lowest BCUT2D eigenvalue weighted by atomic mass is 9.71. The molecule has 1 heterocycles. The van der Waals surface area contributed by atoms with E-state index in [0.29, 0.717) is 11.2 Å². The van der Waals surface area contributed by atoms with Crippen molar-refractivity contribution in [1.82, 2.24) is 5.32 Å². The highest BCUT2D eigenvalue weighted by Crippen LogP contribution is 2.50. The van der Waals surface area contributed by atoms with Crippen LogP contribution in [-0.4, -0.2) is 31.5 Å². The summed E-state index contributed by atoms with van der Waals surface area (Å²) in [7, 11) is -2.86. The van der Waals surface area contributed by atoms with Crippen LogP contribution in [0.4, 0.5) is 0 Å². The fourth-order valence-electron chi connectivity index (χ4n) is 4.35. The third kappa shape index (κ3) is 2.03. The summed E-state index contributed by atoms with van der Waals surface area (Å²) < 4.78 is 24.7. The molecule has 0 bridgehead atoms. The van der Waals surface area contributed by atoms with Gasteiger partial charge in [-0.3, -0.25) is 0 Å². The maximum absolute atomic E-state index is 12.3. The van der Waals surface area contributed by atoms with E-state index in [9.17, 15) is 8.42 Å². The van der Waals surface area contributed by atoms with E-state index >= 15 is 0 Å². The highest BCUT2D eigenvalue weighted by Gasteiger charge is 2.49. The van der Waals surface area contributed by atoms with E-state index in [-0.39, 0.29) is 17.3 Å². The van der Waals surface area contributed by atoms with Crippen LogP contribution in [0.2, 0.25) is 0 Å². The summed E-state index contributed by atoms with van der Waals surface area (Å²) >= 11 is 0. The lowest BCUT2D eigenvalue weighted by Crippen LogP contribution is -2.59. The zero-order chi connectivity index (χ0) is 12.1. The van der Waals surface area contributed by atoms with Crippen molar-refractivity contribution in [2.75, 3.05) is 5.75 Å². The van der Waals surface area contributed by atoms with Crippen molar-refractivity contribution in [3.05, 3.63) is 0 Å². The van der Waals surface area contributed by atoms with Crippen molar-refractivity contribution in [2.24, 2.45) is 5.41 Å². The number of rotatable bonds is 0. The van der Waals surface area contributed by atoms with E-state index in [2.05, 4.69) is 5.32 Å². The second kappa shape index (κ2) is 3.95. The number of fused-ring (bicyclic) bond motifs is 1. The van der Waals surface area contributed by atoms with Gasteiger partial charge in [0.2, 0.25) is 0 Å². The minimum absolute atomic E-state index is 0.0921. The molecule has 3 fully saturated rings. The Morgan fingerprint density at radius 1 is 1.18 bits per heavy atom. The fraction of sp³-hybridized carbons (Fsp3) is 1.00. The molecule has 17 heavy (non-hydrogen) atoms. The molecule has 0 radical (unpaired) electrons. The summed E-state index contributed by atoms with van der Waals surface area (Å²) in [5.41, 5.74) is 0.385. The van der Waals surface area contributed by atoms with E-state index in [0.717, 1.165) is 12.8 Å². The smallest absolute Gasteiger partial charge is 0.156 e. The van der Waals surface area contributed by atoms with Gasteiger partial charge < -0.3 is 5.32 Å². The second-order valence-electron chi connectivity index (χ2n) is 6.49. The van der Waals surface area contributed by atoms with Gasteiger partial charge in [0.15, 0.2) is 9.84 Å². The third-order valence-corrected chi connectivity index (χ3v) is 7.56. The van der Waals surface area contributed by atoms with Gasteiger partial charge in [-0.25, -0.2) is 8.42 Å². The number of hydrogen-bond donors (Lipinski definition) is 1. The number of sulfone groups is 1. The standard InChI is InChI=1S/C13H23NO2S/c1-10-9-17(15,16)12-8-13(5-2-3-6-13)7-4-11(12)14-10/h10-12,14H,2-9H2,1H3. The van der Waals surface area contributed by atoms with Gasteiger partial charge in [0.25, 0.3) is 0 Å². The Labute approximate surface area is 104 Å². The largest absolute Gasteiger partial charge is 0.309 e. The van der Waals surface area contributed by atoms with Gasteiger partial charge >= 0.3 is 0 Å². The van der Waals surface area contributed by atoms with Crippen molar-refractivity contribution in [1.29, 1.82) is 0 Å². The van der Waals surface area contributed by atoms with Gasteiger partial charge in [-0.15, -0.1) is 0 Å². The molecule has 3 atom stereocenters. The van der Waals surface area contributed by atoms with Crippen LogP contribution in [0.25, 0.3) is 0 Å². The molecule has 3 nitrogen and oxygen atoms in total. The van der Waals surface area contributed by atoms with Crippen molar-refractivity contribution in [2.45, 2.75) is 69.2 Å². The van der Waals surface area contributed by atoms with Crippen molar-refractivity contribution >= 4 is 9.84 Å². The lowest BCUT2D eigenvalue weighted by molar-refractivity contribution is 0.162. The van der Waals surface area contributed by atoms with Crippen LogP contribution in [0, 0.1) is 5.41 Å². The molecule has 1 N–H and O–H groups in total. The average Bonchev–Trinajstić information content (AvgIpc) is 2.67. The van der Waals surface area contributed by atoms with Crippen LogP contribution in [-0.2, 0) is 9.84 Å². The second-order valence-corrected chi connectivity index (χ2v) is 8.76. The molecule has 3 aliphatic rings. The summed E-state index contributed by atoms with van der Waals surface area (Å²) in [5, 5.41) is 3.41. The molecule has 0 aromatic heterocycles. The highest BCUT2D eigenvalue weighted by molar-refractivity contribution is 7.92. The number of nitrogens with one attached hydrogen (secondary N) is 1. The van der Waals surface area contributed by atoms with Gasteiger partial charge in [0, 0.05) is 12.1 Å². The van der Waals surface area contributed by atoms with E-state index < -0.39 is 9.84 Å². The maximum atomic E-state index is 12.3. The summed E-state index contributed by atoms with van der Waals surface area (Å²) in [6.07, 6.45) is 8.38. The van der Waals surface area contributed by atoms with Crippen LogP contribution in [0.1, 0.15) is 51.9 Å². The molecular formula is C13H23NO2S. The van der Waals surface area contributed by atoms with Crippen LogP contribution in [0.5, 0.6) is 0 Å². The average molecular weight is 257 g/mol. The molecule has 98 valence electrons. The minimum atomic E-state index is -2.86. The SMILES string of the molecule is CC1CS(=O)(=O)C2CC3(CCCC3)CCC2N1. The Morgan fingerprint density at radius 2 is 1.88 bits per heavy atom. The summed E-state index contributed by atoms with van der Waals surface area (Å²) in [6.45, 7) is 1.99.